The Labute approximate surface area is 165 Å². The number of aromatic nitrogens is 5. The summed E-state index contributed by atoms with van der Waals surface area (Å²) in [6, 6.07) is 3.37. The van der Waals surface area contributed by atoms with E-state index in [1.165, 1.54) is 24.3 Å². The molecular formula is C17H18ClN5O5. The predicted octanol–water partition coefficient (Wildman–Crippen LogP) is 1.75. The van der Waals surface area contributed by atoms with Crippen LogP contribution in [-0.2, 0) is 14.3 Å². The highest BCUT2D eigenvalue weighted by molar-refractivity contribution is 6.32. The summed E-state index contributed by atoms with van der Waals surface area (Å²) in [5.74, 6) is -0.731. The zero-order chi connectivity index (χ0) is 20.1. The number of aliphatic carboxylic acids is 1. The number of nitrogens with zero attached hydrogens (tertiary/aromatic N) is 5. The van der Waals surface area contributed by atoms with Crippen molar-refractivity contribution >= 4 is 28.6 Å². The van der Waals surface area contributed by atoms with Crippen LogP contribution in [0.25, 0.3) is 16.9 Å². The summed E-state index contributed by atoms with van der Waals surface area (Å²) in [4.78, 5) is 24.0. The summed E-state index contributed by atoms with van der Waals surface area (Å²) < 4.78 is 17.4. The number of methoxy groups -OCH3 is 1. The number of pyridine rings is 1. The molecule has 1 N–H and O–H groups in total. The second-order valence-corrected chi connectivity index (χ2v) is 6.23. The van der Waals surface area contributed by atoms with E-state index in [9.17, 15) is 9.90 Å². The van der Waals surface area contributed by atoms with E-state index < -0.39 is 12.1 Å². The van der Waals surface area contributed by atoms with Gasteiger partial charge in [-0.15, -0.1) is 0 Å². The molecule has 1 unspecified atom stereocenters. The molecule has 0 aliphatic rings. The predicted molar refractivity (Wildman–Crippen MR) is 98.8 cm³/mol. The van der Waals surface area contributed by atoms with Crippen LogP contribution in [-0.4, -0.2) is 68.3 Å². The fourth-order valence-corrected chi connectivity index (χ4v) is 2.63. The van der Waals surface area contributed by atoms with Gasteiger partial charge in [-0.1, -0.05) is 11.6 Å². The van der Waals surface area contributed by atoms with E-state index >= 15 is 0 Å². The number of carboxylic acid groups (broad SMARTS) is 1. The number of fused-ring (bicyclic) bond motifs is 1. The van der Waals surface area contributed by atoms with Crippen molar-refractivity contribution in [2.45, 2.75) is 19.1 Å². The number of ether oxygens (including phenoxy) is 3. The topological polar surface area (TPSA) is 121 Å². The van der Waals surface area contributed by atoms with Crippen molar-refractivity contribution < 1.29 is 24.1 Å². The van der Waals surface area contributed by atoms with Gasteiger partial charge in [-0.05, 0) is 19.1 Å². The molecule has 3 aromatic rings. The lowest BCUT2D eigenvalue weighted by Crippen LogP contribution is -2.34. The Morgan fingerprint density at radius 3 is 2.86 bits per heavy atom. The molecule has 0 radical (unpaired) electrons. The number of carboxylic acids is 1. The highest BCUT2D eigenvalue weighted by Crippen LogP contribution is 2.26. The lowest BCUT2D eigenvalue weighted by Gasteiger charge is -2.18. The van der Waals surface area contributed by atoms with Gasteiger partial charge in [0.1, 0.15) is 11.7 Å². The fraction of sp³-hybridized carbons (Fsp3) is 0.353. The van der Waals surface area contributed by atoms with E-state index in [1.807, 2.05) is 0 Å². The normalized spacial score (nSPS) is 13.4. The Morgan fingerprint density at radius 2 is 2.14 bits per heavy atom. The van der Waals surface area contributed by atoms with Crippen LogP contribution >= 0.6 is 11.6 Å². The first-order chi connectivity index (χ1) is 13.5. The minimum Gasteiger partial charge on any atom is -0.478 e. The lowest BCUT2D eigenvalue weighted by molar-refractivity contribution is -0.149. The molecule has 0 saturated carbocycles. The monoisotopic (exact) mass is 407 g/mol. The van der Waals surface area contributed by atoms with Crippen LogP contribution in [0, 0.1) is 0 Å². The van der Waals surface area contributed by atoms with E-state index in [0.717, 1.165) is 0 Å². The Hall–Kier alpha value is -2.82. The van der Waals surface area contributed by atoms with Crippen molar-refractivity contribution in [1.82, 2.24) is 24.7 Å². The second-order valence-electron chi connectivity index (χ2n) is 5.83. The minimum absolute atomic E-state index is 0.0682. The SMILES string of the molecule is COC[C@@H](C)OCC(Oc1ncnc2c1cnn2-c1ncccc1Cl)C(=O)O. The number of hydrogen-bond acceptors (Lipinski definition) is 8. The molecule has 0 amide bonds. The van der Waals surface area contributed by atoms with Crippen LogP contribution in [0.1, 0.15) is 6.92 Å². The molecule has 10 nitrogen and oxygen atoms in total. The maximum atomic E-state index is 11.6. The smallest absolute Gasteiger partial charge is 0.347 e. The molecule has 0 aromatic carbocycles. The summed E-state index contributed by atoms with van der Waals surface area (Å²) >= 11 is 6.18. The molecule has 2 atom stereocenters. The first kappa shape index (κ1) is 19.9. The van der Waals surface area contributed by atoms with E-state index in [-0.39, 0.29) is 18.6 Å². The molecule has 28 heavy (non-hydrogen) atoms. The Bertz CT molecular complexity index is 966. The van der Waals surface area contributed by atoms with Gasteiger partial charge in [-0.25, -0.2) is 19.7 Å². The third-order valence-corrected chi connectivity index (χ3v) is 4.03. The fourth-order valence-electron chi connectivity index (χ4n) is 2.43. The van der Waals surface area contributed by atoms with Crippen LogP contribution in [0.3, 0.4) is 0 Å². The molecular weight excluding hydrogens is 390 g/mol. The van der Waals surface area contributed by atoms with Crippen molar-refractivity contribution in [3.63, 3.8) is 0 Å². The summed E-state index contributed by atoms with van der Waals surface area (Å²) in [6.07, 6.45) is 2.74. The zero-order valence-corrected chi connectivity index (χ0v) is 15.9. The van der Waals surface area contributed by atoms with Gasteiger partial charge in [-0.3, -0.25) is 0 Å². The number of hydrogen-bond donors (Lipinski definition) is 1. The van der Waals surface area contributed by atoms with Crippen molar-refractivity contribution in [3.8, 4) is 11.7 Å². The molecule has 0 fully saturated rings. The Kier molecular flexibility index (Phi) is 6.34. The molecule has 148 valence electrons. The summed E-state index contributed by atoms with van der Waals surface area (Å²) in [6.45, 7) is 1.93. The third-order valence-electron chi connectivity index (χ3n) is 3.73. The Balaban J connectivity index is 1.87. The lowest BCUT2D eigenvalue weighted by atomic mass is 10.3. The van der Waals surface area contributed by atoms with Crippen molar-refractivity contribution in [2.24, 2.45) is 0 Å². The van der Waals surface area contributed by atoms with Gasteiger partial charge in [0.2, 0.25) is 12.0 Å². The standard InChI is InChI=1S/C17H18ClN5O5/c1-10(7-26-2)27-8-13(17(24)25)28-16-11-6-22-23(14(11)20-9-21-16)15-12(18)4-3-5-19-15/h3-6,9-10,13H,7-8H2,1-2H3,(H,24,25)/t10-,13?/m1/s1. The molecule has 3 rings (SSSR count). The van der Waals surface area contributed by atoms with E-state index in [2.05, 4.69) is 20.1 Å². The molecule has 3 aromatic heterocycles. The molecule has 11 heteroatoms. The van der Waals surface area contributed by atoms with E-state index in [4.69, 9.17) is 25.8 Å². The molecule has 0 aliphatic carbocycles. The maximum absolute atomic E-state index is 11.6. The third kappa shape index (κ3) is 4.35. The van der Waals surface area contributed by atoms with Crippen LogP contribution in [0.5, 0.6) is 5.88 Å². The van der Waals surface area contributed by atoms with Crippen LogP contribution < -0.4 is 4.74 Å². The van der Waals surface area contributed by atoms with Gasteiger partial charge >= 0.3 is 5.97 Å². The largest absolute Gasteiger partial charge is 0.478 e. The summed E-state index contributed by atoms with van der Waals surface area (Å²) in [7, 11) is 1.54. The molecule has 3 heterocycles. The molecule has 0 aliphatic heterocycles. The quantitative estimate of drug-likeness (QED) is 0.565. The van der Waals surface area contributed by atoms with Gasteiger partial charge in [0.25, 0.3) is 0 Å². The van der Waals surface area contributed by atoms with Gasteiger partial charge < -0.3 is 19.3 Å². The van der Waals surface area contributed by atoms with Crippen molar-refractivity contribution in [1.29, 1.82) is 0 Å². The number of carbonyl (C=O) groups is 1. The maximum Gasteiger partial charge on any atom is 0.347 e. The first-order valence-corrected chi connectivity index (χ1v) is 8.68. The number of rotatable bonds is 9. The number of halogens is 1. The van der Waals surface area contributed by atoms with Crippen molar-refractivity contribution in [2.75, 3.05) is 20.3 Å². The van der Waals surface area contributed by atoms with E-state index in [0.29, 0.717) is 28.5 Å². The summed E-state index contributed by atoms with van der Waals surface area (Å²) in [5.41, 5.74) is 0.378. The average Bonchev–Trinajstić information content (AvgIpc) is 3.10. The van der Waals surface area contributed by atoms with Crippen LogP contribution in [0.2, 0.25) is 5.02 Å². The molecule has 0 spiro atoms. The van der Waals surface area contributed by atoms with Gasteiger partial charge in [0.05, 0.1) is 30.5 Å². The van der Waals surface area contributed by atoms with E-state index in [1.54, 1.807) is 25.3 Å². The minimum atomic E-state index is -1.26. The Morgan fingerprint density at radius 1 is 1.32 bits per heavy atom. The van der Waals surface area contributed by atoms with Crippen LogP contribution in [0.15, 0.2) is 30.9 Å². The molecule has 0 bridgehead atoms. The highest BCUT2D eigenvalue weighted by atomic mass is 35.5. The zero-order valence-electron chi connectivity index (χ0n) is 15.1. The first-order valence-electron chi connectivity index (χ1n) is 8.31. The van der Waals surface area contributed by atoms with Crippen molar-refractivity contribution in [3.05, 3.63) is 35.9 Å². The highest BCUT2D eigenvalue weighted by Gasteiger charge is 2.24. The van der Waals surface area contributed by atoms with Crippen LogP contribution in [0.4, 0.5) is 0 Å². The molecule has 0 saturated heterocycles. The second kappa shape index (κ2) is 8.91. The van der Waals surface area contributed by atoms with Gasteiger partial charge in [-0.2, -0.15) is 9.78 Å². The average molecular weight is 408 g/mol. The van der Waals surface area contributed by atoms with Gasteiger partial charge in [0, 0.05) is 13.3 Å². The summed E-state index contributed by atoms with van der Waals surface area (Å²) in [5, 5.41) is 14.5. The van der Waals surface area contributed by atoms with Gasteiger partial charge in [0.15, 0.2) is 11.5 Å².